The van der Waals surface area contributed by atoms with Crippen molar-refractivity contribution in [2.45, 2.75) is 38.2 Å². The zero-order chi connectivity index (χ0) is 16.2. The molecule has 0 amide bonds. The van der Waals surface area contributed by atoms with Crippen molar-refractivity contribution in [2.75, 3.05) is 6.54 Å². The highest BCUT2D eigenvalue weighted by Crippen LogP contribution is 2.19. The van der Waals surface area contributed by atoms with Crippen LogP contribution < -0.4 is 0 Å². The number of ether oxygens (including phenoxy) is 1. The van der Waals surface area contributed by atoms with E-state index in [4.69, 9.17) is 4.74 Å². The molecule has 2 heterocycles. The average molecular weight is 320 g/mol. The van der Waals surface area contributed by atoms with E-state index >= 15 is 0 Å². The van der Waals surface area contributed by atoms with Crippen LogP contribution in [0.15, 0.2) is 29.6 Å². The summed E-state index contributed by atoms with van der Waals surface area (Å²) in [5, 5.41) is 5.80. The fourth-order valence-corrected chi connectivity index (χ4v) is 2.20. The molecule has 6 nitrogen and oxygen atoms in total. The van der Waals surface area contributed by atoms with Gasteiger partial charge in [-0.15, -0.1) is 12.6 Å². The van der Waals surface area contributed by atoms with Crippen molar-refractivity contribution in [1.29, 1.82) is 0 Å². The monoisotopic (exact) mass is 320 g/mol. The fourth-order valence-electron chi connectivity index (χ4n) is 1.86. The van der Waals surface area contributed by atoms with E-state index in [1.54, 1.807) is 29.7 Å². The van der Waals surface area contributed by atoms with E-state index in [2.05, 4.69) is 27.7 Å². The summed E-state index contributed by atoms with van der Waals surface area (Å²) < 4.78 is 5.28. The molecule has 0 aliphatic carbocycles. The first-order valence-electron chi connectivity index (χ1n) is 7.05. The number of nitrogens with zero attached hydrogens (tertiary/aromatic N) is 4. The van der Waals surface area contributed by atoms with Crippen molar-refractivity contribution in [3.8, 4) is 0 Å². The molecular weight excluding hydrogens is 300 g/mol. The number of aromatic nitrogens is 2. The summed E-state index contributed by atoms with van der Waals surface area (Å²) in [4.78, 5) is 20.1. The maximum absolute atomic E-state index is 11.7. The minimum absolute atomic E-state index is 0.230. The first kappa shape index (κ1) is 16.5. The minimum atomic E-state index is -0.472. The predicted molar refractivity (Wildman–Crippen MR) is 88.4 cm³/mol. The van der Waals surface area contributed by atoms with E-state index < -0.39 is 5.60 Å². The molecule has 0 bridgehead atoms. The second kappa shape index (κ2) is 6.91. The molecule has 0 saturated carbocycles. The highest BCUT2D eigenvalue weighted by atomic mass is 32.1. The molecule has 1 aliphatic rings. The summed E-state index contributed by atoms with van der Waals surface area (Å²) >= 11 is 4.48. The molecule has 1 atom stereocenters. The largest absolute Gasteiger partial charge is 0.460 e. The van der Waals surface area contributed by atoms with Gasteiger partial charge in [-0.05, 0) is 32.9 Å². The molecule has 0 radical (unpaired) electrons. The second-order valence-electron chi connectivity index (χ2n) is 5.85. The van der Waals surface area contributed by atoms with E-state index in [-0.39, 0.29) is 17.8 Å². The molecule has 22 heavy (non-hydrogen) atoms. The molecule has 1 aromatic heterocycles. The summed E-state index contributed by atoms with van der Waals surface area (Å²) in [6.07, 6.45) is 7.20. The number of esters is 1. The number of thiol groups is 1. The van der Waals surface area contributed by atoms with Gasteiger partial charge in [0.25, 0.3) is 0 Å². The van der Waals surface area contributed by atoms with Gasteiger partial charge in [0.2, 0.25) is 0 Å². The molecule has 1 aliphatic heterocycles. The van der Waals surface area contributed by atoms with Crippen molar-refractivity contribution in [2.24, 2.45) is 5.10 Å². The summed E-state index contributed by atoms with van der Waals surface area (Å²) in [7, 11) is 0. The Morgan fingerprint density at radius 2 is 2.05 bits per heavy atom. The highest BCUT2D eigenvalue weighted by molar-refractivity contribution is 7.81. The summed E-state index contributed by atoms with van der Waals surface area (Å²) in [5.74, 6) is 0.362. The zero-order valence-electron chi connectivity index (χ0n) is 12.9. The van der Waals surface area contributed by atoms with Gasteiger partial charge >= 0.3 is 5.97 Å². The van der Waals surface area contributed by atoms with Gasteiger partial charge in [0.15, 0.2) is 5.82 Å². The van der Waals surface area contributed by atoms with Crippen LogP contribution in [0.3, 0.4) is 0 Å². The maximum Gasteiger partial charge on any atom is 0.308 e. The maximum atomic E-state index is 11.7. The lowest BCUT2D eigenvalue weighted by Gasteiger charge is -2.27. The van der Waals surface area contributed by atoms with Crippen molar-refractivity contribution < 1.29 is 9.53 Å². The second-order valence-corrected chi connectivity index (χ2v) is 6.38. The SMILES string of the molecule is CC(C)(C)OC(=O)CCN1N=CC(c2ncccn2)=CC1S. The molecule has 1 aromatic rings. The Kier molecular flexibility index (Phi) is 5.18. The lowest BCUT2D eigenvalue weighted by atomic mass is 10.2. The highest BCUT2D eigenvalue weighted by Gasteiger charge is 2.20. The fraction of sp³-hybridized carbons (Fsp3) is 0.467. The van der Waals surface area contributed by atoms with E-state index in [0.717, 1.165) is 5.57 Å². The normalized spacial score (nSPS) is 18.1. The Labute approximate surface area is 135 Å². The van der Waals surface area contributed by atoms with Gasteiger partial charge in [0.1, 0.15) is 11.0 Å². The number of carbonyl (C=O) groups is 1. The molecule has 0 aromatic carbocycles. The number of hydrogen-bond acceptors (Lipinski definition) is 7. The van der Waals surface area contributed by atoms with Crippen LogP contribution in [0, 0.1) is 0 Å². The van der Waals surface area contributed by atoms with E-state index in [0.29, 0.717) is 12.4 Å². The number of allylic oxidation sites excluding steroid dienone is 1. The smallest absolute Gasteiger partial charge is 0.308 e. The van der Waals surface area contributed by atoms with Crippen LogP contribution in [0.1, 0.15) is 33.0 Å². The van der Waals surface area contributed by atoms with Crippen LogP contribution in [0.5, 0.6) is 0 Å². The average Bonchev–Trinajstić information content (AvgIpc) is 2.45. The van der Waals surface area contributed by atoms with Crippen molar-refractivity contribution in [3.63, 3.8) is 0 Å². The van der Waals surface area contributed by atoms with Gasteiger partial charge in [-0.3, -0.25) is 9.80 Å². The summed E-state index contributed by atoms with van der Waals surface area (Å²) in [6, 6.07) is 1.76. The molecule has 0 fully saturated rings. The van der Waals surface area contributed by atoms with Crippen molar-refractivity contribution in [3.05, 3.63) is 30.4 Å². The Balaban J connectivity index is 1.91. The molecular formula is C15H20N4O2S. The van der Waals surface area contributed by atoms with Crippen LogP contribution in [-0.4, -0.2) is 44.7 Å². The van der Waals surface area contributed by atoms with Gasteiger partial charge < -0.3 is 4.74 Å². The molecule has 0 saturated heterocycles. The first-order valence-corrected chi connectivity index (χ1v) is 7.56. The quantitative estimate of drug-likeness (QED) is 0.680. The third kappa shape index (κ3) is 4.84. The summed E-state index contributed by atoms with van der Waals surface area (Å²) in [5.41, 5.74) is 0.342. The van der Waals surface area contributed by atoms with Gasteiger partial charge in [0.05, 0.1) is 12.6 Å². The van der Waals surface area contributed by atoms with Crippen LogP contribution in [0.25, 0.3) is 5.57 Å². The Hall–Kier alpha value is -1.89. The summed E-state index contributed by atoms with van der Waals surface area (Å²) in [6.45, 7) is 5.99. The van der Waals surface area contributed by atoms with Gasteiger partial charge in [-0.2, -0.15) is 5.10 Å². The molecule has 118 valence electrons. The van der Waals surface area contributed by atoms with Crippen molar-refractivity contribution in [1.82, 2.24) is 15.0 Å². The molecule has 0 N–H and O–H groups in total. The van der Waals surface area contributed by atoms with Gasteiger partial charge in [-0.25, -0.2) is 9.97 Å². The van der Waals surface area contributed by atoms with Crippen LogP contribution in [0.4, 0.5) is 0 Å². The lowest BCUT2D eigenvalue weighted by molar-refractivity contribution is -0.155. The molecule has 0 spiro atoms. The number of hydrogen-bond donors (Lipinski definition) is 1. The third-order valence-electron chi connectivity index (χ3n) is 2.77. The van der Waals surface area contributed by atoms with Crippen LogP contribution in [-0.2, 0) is 9.53 Å². The number of rotatable bonds is 4. The predicted octanol–water partition coefficient (Wildman–Crippen LogP) is 2.15. The molecule has 7 heteroatoms. The first-order chi connectivity index (χ1) is 10.3. The van der Waals surface area contributed by atoms with E-state index in [1.807, 2.05) is 26.8 Å². The number of hydrazone groups is 1. The molecule has 1 unspecified atom stereocenters. The Morgan fingerprint density at radius 3 is 2.64 bits per heavy atom. The van der Waals surface area contributed by atoms with Crippen LogP contribution in [0.2, 0.25) is 0 Å². The topological polar surface area (TPSA) is 67.7 Å². The van der Waals surface area contributed by atoms with E-state index in [1.165, 1.54) is 0 Å². The van der Waals surface area contributed by atoms with Crippen molar-refractivity contribution >= 4 is 30.4 Å². The Morgan fingerprint density at radius 1 is 1.36 bits per heavy atom. The number of carbonyl (C=O) groups excluding carboxylic acids is 1. The Bertz CT molecular complexity index is 581. The standard InChI is InChI=1S/C15H20N4O2S/c1-15(2,3)21-13(20)5-8-19-12(22)9-11(10-18-19)14-16-6-4-7-17-14/h4,6-7,9-10,12,22H,5,8H2,1-3H3. The van der Waals surface area contributed by atoms with Gasteiger partial charge in [0, 0.05) is 24.5 Å². The zero-order valence-corrected chi connectivity index (χ0v) is 13.8. The lowest BCUT2D eigenvalue weighted by Crippen LogP contribution is -2.32. The third-order valence-corrected chi connectivity index (χ3v) is 3.18. The van der Waals surface area contributed by atoms with Gasteiger partial charge in [-0.1, -0.05) is 0 Å². The molecule has 2 rings (SSSR count). The minimum Gasteiger partial charge on any atom is -0.460 e. The van der Waals surface area contributed by atoms with E-state index in [9.17, 15) is 4.79 Å². The van der Waals surface area contributed by atoms with Crippen LogP contribution >= 0.6 is 12.6 Å².